The summed E-state index contributed by atoms with van der Waals surface area (Å²) in [4.78, 5) is 17.0. The Morgan fingerprint density at radius 1 is 1.12 bits per heavy atom. The van der Waals surface area contributed by atoms with Gasteiger partial charge in [-0.3, -0.25) is 4.79 Å². The third kappa shape index (κ3) is 4.59. The molecule has 0 saturated heterocycles. The van der Waals surface area contributed by atoms with Gasteiger partial charge in [0.1, 0.15) is 5.60 Å². The summed E-state index contributed by atoms with van der Waals surface area (Å²) < 4.78 is 22.4. The minimum atomic E-state index is -0.283. The highest BCUT2D eigenvalue weighted by molar-refractivity contribution is 5.92. The Labute approximate surface area is 190 Å². The van der Waals surface area contributed by atoms with Crippen molar-refractivity contribution in [1.82, 2.24) is 10.1 Å². The van der Waals surface area contributed by atoms with Crippen molar-refractivity contribution in [2.45, 2.75) is 32.3 Å². The van der Waals surface area contributed by atoms with Crippen molar-refractivity contribution in [3.8, 4) is 23.1 Å². The molecule has 168 valence electrons. The second kappa shape index (κ2) is 8.46. The van der Waals surface area contributed by atoms with E-state index in [1.165, 1.54) is 0 Å². The molecule has 3 heterocycles. The first-order chi connectivity index (χ1) is 16.0. The van der Waals surface area contributed by atoms with Gasteiger partial charge in [-0.25, -0.2) is 0 Å². The lowest BCUT2D eigenvalue weighted by molar-refractivity contribution is -0.118. The van der Waals surface area contributed by atoms with Crippen LogP contribution in [0.1, 0.15) is 30.9 Å². The van der Waals surface area contributed by atoms with Gasteiger partial charge in [-0.1, -0.05) is 35.5 Å². The standard InChI is InChI=1S/C25H23N3O5/c1-25(2)14-17-8-5-10-19(23(17)32-25)31-15-21(29)26-18-9-4-3-7-16(18)13-22-27-24(28-33-22)20-11-6-12-30-20/h3-12H,13-15H2,1-2H3,(H,26,29). The van der Waals surface area contributed by atoms with Gasteiger partial charge in [0.15, 0.2) is 23.9 Å². The fourth-order valence-electron chi connectivity index (χ4n) is 3.82. The molecule has 2 aromatic heterocycles. The summed E-state index contributed by atoms with van der Waals surface area (Å²) in [5.74, 6) is 2.32. The van der Waals surface area contributed by atoms with E-state index in [0.29, 0.717) is 41.1 Å². The van der Waals surface area contributed by atoms with E-state index < -0.39 is 0 Å². The third-order valence-corrected chi connectivity index (χ3v) is 5.26. The van der Waals surface area contributed by atoms with E-state index in [1.807, 2.05) is 56.3 Å². The average Bonchev–Trinajstić information content (AvgIpc) is 3.52. The summed E-state index contributed by atoms with van der Waals surface area (Å²) in [6.07, 6.45) is 2.71. The molecule has 0 radical (unpaired) electrons. The number of para-hydroxylation sites is 2. The van der Waals surface area contributed by atoms with E-state index in [0.717, 1.165) is 17.5 Å². The molecule has 2 aromatic carbocycles. The molecule has 0 bridgehead atoms. The number of furan rings is 1. The largest absolute Gasteiger partial charge is 0.483 e. The van der Waals surface area contributed by atoms with E-state index in [2.05, 4.69) is 15.5 Å². The number of benzene rings is 2. The second-order valence-electron chi connectivity index (χ2n) is 8.44. The molecule has 1 aliphatic rings. The second-order valence-corrected chi connectivity index (χ2v) is 8.44. The van der Waals surface area contributed by atoms with Crippen molar-refractivity contribution >= 4 is 11.6 Å². The number of fused-ring (bicyclic) bond motifs is 1. The molecular formula is C25H23N3O5. The minimum Gasteiger partial charge on any atom is -0.483 e. The number of amides is 1. The van der Waals surface area contributed by atoms with Crippen LogP contribution in [0.4, 0.5) is 5.69 Å². The van der Waals surface area contributed by atoms with Crippen molar-refractivity contribution in [2.24, 2.45) is 0 Å². The predicted molar refractivity (Wildman–Crippen MR) is 120 cm³/mol. The number of ether oxygens (including phenoxy) is 2. The lowest BCUT2D eigenvalue weighted by Gasteiger charge is -2.18. The highest BCUT2D eigenvalue weighted by Crippen LogP contribution is 2.41. The van der Waals surface area contributed by atoms with Crippen molar-refractivity contribution in [2.75, 3.05) is 11.9 Å². The maximum atomic E-state index is 12.6. The number of rotatable bonds is 7. The number of hydrogen-bond donors (Lipinski definition) is 1. The molecule has 0 saturated carbocycles. The third-order valence-electron chi connectivity index (χ3n) is 5.26. The number of aromatic nitrogens is 2. The number of carbonyl (C=O) groups is 1. The van der Waals surface area contributed by atoms with Crippen molar-refractivity contribution in [3.05, 3.63) is 77.9 Å². The fourth-order valence-corrected chi connectivity index (χ4v) is 3.82. The fraction of sp³-hybridized carbons (Fsp3) is 0.240. The Bertz CT molecular complexity index is 1280. The Balaban J connectivity index is 1.24. The first-order valence-corrected chi connectivity index (χ1v) is 10.6. The van der Waals surface area contributed by atoms with Gasteiger partial charge in [-0.05, 0) is 43.7 Å². The van der Waals surface area contributed by atoms with Gasteiger partial charge >= 0.3 is 0 Å². The van der Waals surface area contributed by atoms with Gasteiger partial charge in [0, 0.05) is 17.7 Å². The maximum Gasteiger partial charge on any atom is 0.262 e. The molecule has 8 heteroatoms. The highest BCUT2D eigenvalue weighted by Gasteiger charge is 2.32. The summed E-state index contributed by atoms with van der Waals surface area (Å²) in [6, 6.07) is 16.7. The van der Waals surface area contributed by atoms with Gasteiger partial charge in [-0.2, -0.15) is 4.98 Å². The zero-order valence-corrected chi connectivity index (χ0v) is 18.3. The van der Waals surface area contributed by atoms with E-state index in [4.69, 9.17) is 18.4 Å². The van der Waals surface area contributed by atoms with Crippen LogP contribution in [-0.4, -0.2) is 28.3 Å². The number of nitrogens with zero attached hydrogens (tertiary/aromatic N) is 2. The monoisotopic (exact) mass is 445 g/mol. The summed E-state index contributed by atoms with van der Waals surface area (Å²) >= 11 is 0. The van der Waals surface area contributed by atoms with Crippen molar-refractivity contribution in [1.29, 1.82) is 0 Å². The van der Waals surface area contributed by atoms with Crippen molar-refractivity contribution < 1.29 is 23.2 Å². The van der Waals surface area contributed by atoms with Gasteiger partial charge in [0.2, 0.25) is 11.7 Å². The van der Waals surface area contributed by atoms with Crippen LogP contribution >= 0.6 is 0 Å². The zero-order chi connectivity index (χ0) is 22.8. The molecule has 33 heavy (non-hydrogen) atoms. The lowest BCUT2D eigenvalue weighted by Crippen LogP contribution is -2.25. The smallest absolute Gasteiger partial charge is 0.262 e. The maximum absolute atomic E-state index is 12.6. The van der Waals surface area contributed by atoms with E-state index >= 15 is 0 Å². The van der Waals surface area contributed by atoms with Gasteiger partial charge in [0.25, 0.3) is 5.91 Å². The molecule has 0 unspecified atom stereocenters. The van der Waals surface area contributed by atoms with Gasteiger partial charge in [-0.15, -0.1) is 0 Å². The SMILES string of the molecule is CC1(C)Cc2cccc(OCC(=O)Nc3ccccc3Cc3nc(-c4ccco4)no3)c2O1. The van der Waals surface area contributed by atoms with Crippen LogP contribution < -0.4 is 14.8 Å². The number of hydrogen-bond acceptors (Lipinski definition) is 7. The molecule has 0 spiro atoms. The molecule has 5 rings (SSSR count). The normalized spacial score (nSPS) is 13.9. The zero-order valence-electron chi connectivity index (χ0n) is 18.3. The lowest BCUT2D eigenvalue weighted by atomic mass is 10.0. The summed E-state index contributed by atoms with van der Waals surface area (Å²) in [5.41, 5.74) is 2.29. The molecule has 1 N–H and O–H groups in total. The summed E-state index contributed by atoms with van der Waals surface area (Å²) in [6.45, 7) is 3.92. The van der Waals surface area contributed by atoms with Crippen LogP contribution in [0.15, 0.2) is 69.8 Å². The Hall–Kier alpha value is -4.07. The van der Waals surface area contributed by atoms with Crippen LogP contribution in [0, 0.1) is 0 Å². The Kier molecular flexibility index (Phi) is 5.34. The molecule has 0 fully saturated rings. The average molecular weight is 445 g/mol. The Morgan fingerprint density at radius 3 is 2.85 bits per heavy atom. The number of carbonyl (C=O) groups excluding carboxylic acids is 1. The van der Waals surface area contributed by atoms with Crippen LogP contribution in [-0.2, 0) is 17.6 Å². The highest BCUT2D eigenvalue weighted by atomic mass is 16.5. The molecule has 1 aliphatic heterocycles. The van der Waals surface area contributed by atoms with Crippen molar-refractivity contribution in [3.63, 3.8) is 0 Å². The summed E-state index contributed by atoms with van der Waals surface area (Å²) in [5, 5.41) is 6.85. The Morgan fingerprint density at radius 2 is 2.00 bits per heavy atom. The first kappa shape index (κ1) is 20.8. The first-order valence-electron chi connectivity index (χ1n) is 10.6. The van der Waals surface area contributed by atoms with E-state index in [9.17, 15) is 4.79 Å². The topological polar surface area (TPSA) is 99.6 Å². The molecule has 4 aromatic rings. The van der Waals surface area contributed by atoms with Crippen LogP contribution in [0.3, 0.4) is 0 Å². The van der Waals surface area contributed by atoms with Gasteiger partial charge < -0.3 is 23.7 Å². The molecular weight excluding hydrogens is 422 g/mol. The van der Waals surface area contributed by atoms with Crippen LogP contribution in [0.2, 0.25) is 0 Å². The molecule has 0 atom stereocenters. The molecule has 1 amide bonds. The molecule has 8 nitrogen and oxygen atoms in total. The van der Waals surface area contributed by atoms with E-state index in [-0.39, 0.29) is 18.1 Å². The number of nitrogens with one attached hydrogen (secondary N) is 1. The predicted octanol–water partition coefficient (Wildman–Crippen LogP) is 4.65. The molecule has 0 aliphatic carbocycles. The number of anilines is 1. The van der Waals surface area contributed by atoms with E-state index in [1.54, 1.807) is 18.4 Å². The van der Waals surface area contributed by atoms with Crippen LogP contribution in [0.5, 0.6) is 11.5 Å². The summed E-state index contributed by atoms with van der Waals surface area (Å²) in [7, 11) is 0. The minimum absolute atomic E-state index is 0.141. The quantitative estimate of drug-likeness (QED) is 0.442. The van der Waals surface area contributed by atoms with Gasteiger partial charge in [0.05, 0.1) is 12.7 Å². The van der Waals surface area contributed by atoms with Crippen LogP contribution in [0.25, 0.3) is 11.6 Å².